The smallest absolute Gasteiger partial charge is 0.255 e. The molecule has 1 heterocycles. The average molecular weight is 318 g/mol. The third kappa shape index (κ3) is 3.14. The Morgan fingerprint density at radius 1 is 1.36 bits per heavy atom. The standard InChI is InChI=1S/C17H22N2O2S/c1-3-15-19(17(21)12-6-4-5-11(2)9-12)14(10-22-15)16(20)18-13-7-8-13/h4-6,9,13-15H,3,7-8,10H2,1-2H3,(H,18,20). The molecule has 1 saturated carbocycles. The highest BCUT2D eigenvalue weighted by Crippen LogP contribution is 2.33. The van der Waals surface area contributed by atoms with Crippen LogP contribution < -0.4 is 5.32 Å². The third-order valence-electron chi connectivity index (χ3n) is 4.17. The number of carbonyl (C=O) groups excluding carboxylic acids is 2. The van der Waals surface area contributed by atoms with Gasteiger partial charge in [0.05, 0.1) is 5.37 Å². The van der Waals surface area contributed by atoms with Gasteiger partial charge in [-0.2, -0.15) is 0 Å². The van der Waals surface area contributed by atoms with Crippen LogP contribution >= 0.6 is 11.8 Å². The first-order chi connectivity index (χ1) is 10.6. The summed E-state index contributed by atoms with van der Waals surface area (Å²) in [5.74, 6) is 0.665. The minimum absolute atomic E-state index is 0.00644. The first kappa shape index (κ1) is 15.4. The van der Waals surface area contributed by atoms with E-state index in [0.29, 0.717) is 17.4 Å². The largest absolute Gasteiger partial charge is 0.352 e. The van der Waals surface area contributed by atoms with Crippen LogP contribution in [-0.4, -0.2) is 39.9 Å². The van der Waals surface area contributed by atoms with Gasteiger partial charge in [-0.3, -0.25) is 9.59 Å². The Balaban J connectivity index is 1.82. The molecule has 22 heavy (non-hydrogen) atoms. The highest BCUT2D eigenvalue weighted by molar-refractivity contribution is 8.00. The van der Waals surface area contributed by atoms with Crippen molar-refractivity contribution in [2.45, 2.75) is 50.6 Å². The number of hydrogen-bond donors (Lipinski definition) is 1. The third-order valence-corrected chi connectivity index (χ3v) is 5.62. The van der Waals surface area contributed by atoms with Gasteiger partial charge in [-0.1, -0.05) is 24.6 Å². The van der Waals surface area contributed by atoms with Crippen molar-refractivity contribution in [1.82, 2.24) is 10.2 Å². The second-order valence-electron chi connectivity index (χ2n) is 6.08. The van der Waals surface area contributed by atoms with Crippen molar-refractivity contribution in [3.63, 3.8) is 0 Å². The molecule has 1 aromatic rings. The number of hydrogen-bond acceptors (Lipinski definition) is 3. The van der Waals surface area contributed by atoms with Crippen LogP contribution in [0.25, 0.3) is 0 Å². The van der Waals surface area contributed by atoms with Gasteiger partial charge in [0.2, 0.25) is 5.91 Å². The summed E-state index contributed by atoms with van der Waals surface area (Å²) >= 11 is 1.71. The molecule has 0 spiro atoms. The van der Waals surface area contributed by atoms with E-state index in [2.05, 4.69) is 12.2 Å². The Kier molecular flexibility index (Phi) is 4.43. The molecule has 1 aliphatic carbocycles. The van der Waals surface area contributed by atoms with Gasteiger partial charge in [-0.05, 0) is 38.3 Å². The maximum absolute atomic E-state index is 12.9. The van der Waals surface area contributed by atoms with Crippen LogP contribution in [0.3, 0.4) is 0 Å². The Labute approximate surface area is 135 Å². The quantitative estimate of drug-likeness (QED) is 0.928. The zero-order valence-corrected chi connectivity index (χ0v) is 13.9. The maximum Gasteiger partial charge on any atom is 0.255 e. The summed E-state index contributed by atoms with van der Waals surface area (Å²) in [6.45, 7) is 4.04. The van der Waals surface area contributed by atoms with E-state index in [9.17, 15) is 9.59 Å². The molecule has 0 aromatic heterocycles. The number of thioether (sulfide) groups is 1. The van der Waals surface area contributed by atoms with Gasteiger partial charge in [-0.15, -0.1) is 11.8 Å². The normalized spacial score (nSPS) is 24.4. The second-order valence-corrected chi connectivity index (χ2v) is 7.29. The molecule has 1 saturated heterocycles. The lowest BCUT2D eigenvalue weighted by atomic mass is 10.1. The molecule has 4 nitrogen and oxygen atoms in total. The molecule has 1 aliphatic heterocycles. The van der Waals surface area contributed by atoms with E-state index >= 15 is 0 Å². The molecule has 5 heteroatoms. The van der Waals surface area contributed by atoms with E-state index in [1.165, 1.54) is 0 Å². The second kappa shape index (κ2) is 6.32. The zero-order chi connectivity index (χ0) is 15.7. The van der Waals surface area contributed by atoms with E-state index in [1.54, 1.807) is 16.7 Å². The van der Waals surface area contributed by atoms with E-state index < -0.39 is 0 Å². The summed E-state index contributed by atoms with van der Waals surface area (Å²) in [5, 5.41) is 3.13. The first-order valence-electron chi connectivity index (χ1n) is 7.91. The fraction of sp³-hybridized carbons (Fsp3) is 0.529. The van der Waals surface area contributed by atoms with Crippen LogP contribution in [0.1, 0.15) is 42.1 Å². The molecule has 1 N–H and O–H groups in total. The number of carbonyl (C=O) groups is 2. The number of nitrogens with one attached hydrogen (secondary N) is 1. The molecule has 0 bridgehead atoms. The first-order valence-corrected chi connectivity index (χ1v) is 8.96. The van der Waals surface area contributed by atoms with Crippen molar-refractivity contribution in [3.05, 3.63) is 35.4 Å². The summed E-state index contributed by atoms with van der Waals surface area (Å²) in [6.07, 6.45) is 2.98. The molecule has 2 aliphatic rings. The molecule has 2 amide bonds. The van der Waals surface area contributed by atoms with E-state index in [-0.39, 0.29) is 23.2 Å². The van der Waals surface area contributed by atoms with Crippen LogP contribution in [-0.2, 0) is 4.79 Å². The highest BCUT2D eigenvalue weighted by Gasteiger charge is 2.42. The summed E-state index contributed by atoms with van der Waals surface area (Å²) in [5.41, 5.74) is 1.73. The molecule has 3 rings (SSSR count). The lowest BCUT2D eigenvalue weighted by molar-refractivity contribution is -0.125. The van der Waals surface area contributed by atoms with Gasteiger partial charge < -0.3 is 10.2 Å². The van der Waals surface area contributed by atoms with Crippen LogP contribution in [0, 0.1) is 6.92 Å². The number of amides is 2. The Hall–Kier alpha value is -1.49. The average Bonchev–Trinajstić information content (AvgIpc) is 3.21. The lowest BCUT2D eigenvalue weighted by Gasteiger charge is -2.28. The molecule has 118 valence electrons. The van der Waals surface area contributed by atoms with Crippen molar-refractivity contribution >= 4 is 23.6 Å². The number of nitrogens with zero attached hydrogens (tertiary/aromatic N) is 1. The van der Waals surface area contributed by atoms with Crippen LogP contribution in [0.4, 0.5) is 0 Å². The van der Waals surface area contributed by atoms with Crippen molar-refractivity contribution in [2.24, 2.45) is 0 Å². The maximum atomic E-state index is 12.9. The molecule has 2 atom stereocenters. The predicted molar refractivity (Wildman–Crippen MR) is 88.8 cm³/mol. The van der Waals surface area contributed by atoms with Gasteiger partial charge in [0.1, 0.15) is 6.04 Å². The van der Waals surface area contributed by atoms with Gasteiger partial charge >= 0.3 is 0 Å². The fourth-order valence-electron chi connectivity index (χ4n) is 2.80. The summed E-state index contributed by atoms with van der Waals surface area (Å²) in [7, 11) is 0. The van der Waals surface area contributed by atoms with Gasteiger partial charge in [0, 0.05) is 17.4 Å². The SMILES string of the molecule is CCC1SCC(C(=O)NC2CC2)N1C(=O)c1cccc(C)c1. The Bertz CT molecular complexity index is 586. The monoisotopic (exact) mass is 318 g/mol. The molecule has 0 radical (unpaired) electrons. The van der Waals surface area contributed by atoms with Crippen LogP contribution in [0.2, 0.25) is 0 Å². The van der Waals surface area contributed by atoms with E-state index in [0.717, 1.165) is 24.8 Å². The van der Waals surface area contributed by atoms with E-state index in [1.807, 2.05) is 31.2 Å². The lowest BCUT2D eigenvalue weighted by Crippen LogP contribution is -2.50. The van der Waals surface area contributed by atoms with Crippen LogP contribution in [0.15, 0.2) is 24.3 Å². The number of rotatable bonds is 4. The van der Waals surface area contributed by atoms with Crippen molar-refractivity contribution < 1.29 is 9.59 Å². The minimum atomic E-state index is -0.344. The van der Waals surface area contributed by atoms with Gasteiger partial charge in [-0.25, -0.2) is 0 Å². The molecular weight excluding hydrogens is 296 g/mol. The zero-order valence-electron chi connectivity index (χ0n) is 13.0. The Morgan fingerprint density at radius 2 is 2.14 bits per heavy atom. The highest BCUT2D eigenvalue weighted by atomic mass is 32.2. The molecule has 2 unspecified atom stereocenters. The molecule has 1 aromatic carbocycles. The van der Waals surface area contributed by atoms with Gasteiger partial charge in [0.15, 0.2) is 0 Å². The predicted octanol–water partition coefficient (Wildman–Crippen LogP) is 2.57. The number of benzene rings is 1. The molecular formula is C17H22N2O2S. The van der Waals surface area contributed by atoms with Crippen LogP contribution in [0.5, 0.6) is 0 Å². The Morgan fingerprint density at radius 3 is 2.77 bits per heavy atom. The fourth-order valence-corrected chi connectivity index (χ4v) is 4.16. The van der Waals surface area contributed by atoms with Crippen molar-refractivity contribution in [3.8, 4) is 0 Å². The van der Waals surface area contributed by atoms with Gasteiger partial charge in [0.25, 0.3) is 5.91 Å². The van der Waals surface area contributed by atoms with Crippen molar-refractivity contribution in [1.29, 1.82) is 0 Å². The summed E-state index contributed by atoms with van der Waals surface area (Å²) < 4.78 is 0. The summed E-state index contributed by atoms with van der Waals surface area (Å²) in [6, 6.07) is 7.59. The molecule has 2 fully saturated rings. The summed E-state index contributed by atoms with van der Waals surface area (Å²) in [4.78, 5) is 27.2. The minimum Gasteiger partial charge on any atom is -0.352 e. The van der Waals surface area contributed by atoms with Crippen molar-refractivity contribution in [2.75, 3.05) is 5.75 Å². The number of aryl methyl sites for hydroxylation is 1. The van der Waals surface area contributed by atoms with E-state index in [4.69, 9.17) is 0 Å². The topological polar surface area (TPSA) is 49.4 Å².